The van der Waals surface area contributed by atoms with Crippen LogP contribution in [0.1, 0.15) is 38.1 Å². The number of nitrogens with zero attached hydrogens (tertiary/aromatic N) is 2. The van der Waals surface area contributed by atoms with Gasteiger partial charge in [-0.2, -0.15) is 4.98 Å². The molecule has 0 saturated heterocycles. The maximum absolute atomic E-state index is 12.8. The monoisotopic (exact) mass is 484 g/mol. The van der Waals surface area contributed by atoms with Crippen LogP contribution in [0.5, 0.6) is 17.2 Å². The Kier molecular flexibility index (Phi) is 7.70. The molecule has 0 atom stereocenters. The lowest BCUT2D eigenvalue weighted by Crippen LogP contribution is -2.37. The Morgan fingerprint density at radius 1 is 1.23 bits per heavy atom. The van der Waals surface area contributed by atoms with Gasteiger partial charge in [0.15, 0.2) is 23.3 Å². The first-order chi connectivity index (χ1) is 17.0. The highest BCUT2D eigenvalue weighted by Crippen LogP contribution is 2.45. The number of hydrogen-bond acceptors (Lipinski definition) is 8. The summed E-state index contributed by atoms with van der Waals surface area (Å²) in [6, 6.07) is 5.39. The van der Waals surface area contributed by atoms with Gasteiger partial charge in [-0.15, -0.1) is 0 Å². The van der Waals surface area contributed by atoms with Gasteiger partial charge >= 0.3 is 5.69 Å². The van der Waals surface area contributed by atoms with Crippen LogP contribution >= 0.6 is 0 Å². The number of nitrogens with one attached hydrogen (secondary N) is 4. The molecule has 1 aromatic heterocycles. The zero-order chi connectivity index (χ0) is 24.8. The van der Waals surface area contributed by atoms with Gasteiger partial charge in [0.05, 0.1) is 6.20 Å². The number of benzene rings is 1. The maximum atomic E-state index is 12.8. The second kappa shape index (κ2) is 11.1. The van der Waals surface area contributed by atoms with Crippen molar-refractivity contribution in [1.82, 2.24) is 20.2 Å². The van der Waals surface area contributed by atoms with Gasteiger partial charge in [-0.25, -0.2) is 4.79 Å². The summed E-state index contributed by atoms with van der Waals surface area (Å²) in [6.07, 6.45) is 5.16. The van der Waals surface area contributed by atoms with Crippen molar-refractivity contribution in [1.29, 1.82) is 5.41 Å². The first-order valence-corrected chi connectivity index (χ1v) is 11.9. The number of fused-ring (bicyclic) bond motifs is 2. The number of ether oxygens (including phenoxy) is 2. The summed E-state index contributed by atoms with van der Waals surface area (Å²) in [5, 5.41) is 15.9. The van der Waals surface area contributed by atoms with E-state index >= 15 is 0 Å². The van der Waals surface area contributed by atoms with Gasteiger partial charge in [-0.3, -0.25) is 14.8 Å². The van der Waals surface area contributed by atoms with E-state index in [0.29, 0.717) is 87.1 Å². The standard InChI is InChI=1S/C23H32N8O4/c24-9-12-34-16-3-1-4-17-19(16)29-20-18(35-17)13-31(23(33)30-20)15-7-5-14(6-8-15)21(32)27-10-2-11-28-22(25)26/h1,3-4,13-15H,2,5-12,24H2,(H,27,32)(H4,25,26,28)(H,29,30,33)/t14-,15-. The number of anilines is 2. The molecule has 0 unspecified atom stereocenters. The molecule has 2 heterocycles. The fourth-order valence-corrected chi connectivity index (χ4v) is 4.41. The predicted molar refractivity (Wildman–Crippen MR) is 131 cm³/mol. The van der Waals surface area contributed by atoms with E-state index in [1.54, 1.807) is 16.8 Å². The summed E-state index contributed by atoms with van der Waals surface area (Å²) in [7, 11) is 0. The molecule has 2 aliphatic rings. The summed E-state index contributed by atoms with van der Waals surface area (Å²) in [5.74, 6) is 1.84. The van der Waals surface area contributed by atoms with E-state index in [-0.39, 0.29) is 29.5 Å². The quantitative estimate of drug-likeness (QED) is 0.147. The molecule has 12 heteroatoms. The second-order valence-electron chi connectivity index (χ2n) is 8.63. The van der Waals surface area contributed by atoms with Crippen molar-refractivity contribution in [2.24, 2.45) is 17.4 Å². The largest absolute Gasteiger partial charge is 0.490 e. The molecule has 35 heavy (non-hydrogen) atoms. The van der Waals surface area contributed by atoms with Crippen LogP contribution in [-0.4, -0.2) is 47.7 Å². The zero-order valence-electron chi connectivity index (χ0n) is 19.5. The van der Waals surface area contributed by atoms with Crippen LogP contribution in [0, 0.1) is 11.3 Å². The average molecular weight is 485 g/mol. The minimum absolute atomic E-state index is 0.0268. The Morgan fingerprint density at radius 2 is 2.00 bits per heavy atom. The maximum Gasteiger partial charge on any atom is 0.350 e. The number of nitrogens with two attached hydrogens (primary N) is 2. The van der Waals surface area contributed by atoms with Crippen LogP contribution < -0.4 is 42.6 Å². The first-order valence-electron chi connectivity index (χ1n) is 11.9. The SMILES string of the molecule is N=C(N)NCCCNC(=O)[C@H]1CC[C@H](n2cc3c(nc2=O)Nc2c(OCCN)cccc2O3)CC1. The van der Waals surface area contributed by atoms with Crippen LogP contribution in [0.2, 0.25) is 0 Å². The molecule has 0 bridgehead atoms. The van der Waals surface area contributed by atoms with Crippen molar-refractivity contribution in [3.05, 3.63) is 34.9 Å². The van der Waals surface area contributed by atoms with Gasteiger partial charge in [0.2, 0.25) is 5.91 Å². The van der Waals surface area contributed by atoms with E-state index in [4.69, 9.17) is 26.4 Å². The van der Waals surface area contributed by atoms with Crippen LogP contribution in [0.15, 0.2) is 29.2 Å². The Labute approximate surface area is 202 Å². The number of guanidine groups is 1. The summed E-state index contributed by atoms with van der Waals surface area (Å²) >= 11 is 0. The molecule has 8 N–H and O–H groups in total. The number of amides is 1. The fourth-order valence-electron chi connectivity index (χ4n) is 4.41. The van der Waals surface area contributed by atoms with Crippen molar-refractivity contribution in [2.75, 3.05) is 31.6 Å². The highest BCUT2D eigenvalue weighted by molar-refractivity contribution is 5.79. The lowest BCUT2D eigenvalue weighted by atomic mass is 9.85. The van der Waals surface area contributed by atoms with Crippen LogP contribution in [0.4, 0.5) is 11.5 Å². The Hall–Kier alpha value is -3.80. The number of rotatable bonds is 9. The van der Waals surface area contributed by atoms with E-state index in [9.17, 15) is 9.59 Å². The van der Waals surface area contributed by atoms with Crippen LogP contribution in [0.25, 0.3) is 0 Å². The highest BCUT2D eigenvalue weighted by atomic mass is 16.5. The van der Waals surface area contributed by atoms with Gasteiger partial charge in [0, 0.05) is 31.6 Å². The molecule has 1 aromatic carbocycles. The number of para-hydroxylation sites is 1. The molecule has 12 nitrogen and oxygen atoms in total. The Bertz CT molecular complexity index is 1130. The number of aromatic nitrogens is 2. The zero-order valence-corrected chi connectivity index (χ0v) is 19.5. The van der Waals surface area contributed by atoms with Crippen molar-refractivity contribution in [2.45, 2.75) is 38.1 Å². The van der Waals surface area contributed by atoms with Gasteiger partial charge in [0.1, 0.15) is 18.0 Å². The summed E-state index contributed by atoms with van der Waals surface area (Å²) in [5.41, 5.74) is 11.0. The first kappa shape index (κ1) is 24.3. The average Bonchev–Trinajstić information content (AvgIpc) is 2.85. The van der Waals surface area contributed by atoms with E-state index in [1.807, 2.05) is 12.1 Å². The van der Waals surface area contributed by atoms with Crippen molar-refractivity contribution >= 4 is 23.4 Å². The second-order valence-corrected chi connectivity index (χ2v) is 8.63. The molecule has 1 aliphatic heterocycles. The van der Waals surface area contributed by atoms with Gasteiger partial charge in [0.25, 0.3) is 0 Å². The van der Waals surface area contributed by atoms with Crippen LogP contribution in [0.3, 0.4) is 0 Å². The van der Waals surface area contributed by atoms with E-state index in [1.165, 1.54) is 0 Å². The molecule has 0 spiro atoms. The lowest BCUT2D eigenvalue weighted by Gasteiger charge is -2.30. The van der Waals surface area contributed by atoms with Gasteiger partial charge in [-0.1, -0.05) is 6.07 Å². The summed E-state index contributed by atoms with van der Waals surface area (Å²) in [4.78, 5) is 29.5. The molecule has 0 radical (unpaired) electrons. The van der Waals surface area contributed by atoms with Crippen molar-refractivity contribution < 1.29 is 14.3 Å². The van der Waals surface area contributed by atoms with E-state index in [0.717, 1.165) is 0 Å². The molecule has 2 aromatic rings. The third kappa shape index (κ3) is 5.83. The minimum atomic E-state index is -0.366. The molecule has 188 valence electrons. The predicted octanol–water partition coefficient (Wildman–Crippen LogP) is 1.15. The number of carbonyl (C=O) groups is 1. The molecule has 1 aliphatic carbocycles. The number of hydrogen-bond donors (Lipinski definition) is 6. The molecule has 1 fully saturated rings. The fraction of sp³-hybridized carbons (Fsp3) is 0.478. The highest BCUT2D eigenvalue weighted by Gasteiger charge is 2.29. The van der Waals surface area contributed by atoms with Crippen molar-refractivity contribution in [3.63, 3.8) is 0 Å². The minimum Gasteiger partial charge on any atom is -0.490 e. The normalized spacial score (nSPS) is 18.3. The van der Waals surface area contributed by atoms with Gasteiger partial charge < -0.3 is 36.9 Å². The van der Waals surface area contributed by atoms with E-state index < -0.39 is 0 Å². The van der Waals surface area contributed by atoms with Crippen LogP contribution in [-0.2, 0) is 4.79 Å². The Morgan fingerprint density at radius 3 is 2.74 bits per heavy atom. The molecule has 1 saturated carbocycles. The smallest absolute Gasteiger partial charge is 0.350 e. The Balaban J connectivity index is 1.36. The summed E-state index contributed by atoms with van der Waals surface area (Å²) in [6.45, 7) is 1.81. The molecule has 1 amide bonds. The molecular formula is C23H32N8O4. The third-order valence-corrected chi connectivity index (χ3v) is 6.17. The molecular weight excluding hydrogens is 452 g/mol. The van der Waals surface area contributed by atoms with Crippen molar-refractivity contribution in [3.8, 4) is 17.2 Å². The summed E-state index contributed by atoms with van der Waals surface area (Å²) < 4.78 is 13.3. The lowest BCUT2D eigenvalue weighted by molar-refractivity contribution is -0.126. The van der Waals surface area contributed by atoms with Gasteiger partial charge in [-0.05, 0) is 44.2 Å². The number of carbonyl (C=O) groups excluding carboxylic acids is 1. The third-order valence-electron chi connectivity index (χ3n) is 6.17. The molecule has 4 rings (SSSR count). The topological polar surface area (TPSA) is 182 Å². The van der Waals surface area contributed by atoms with E-state index in [2.05, 4.69) is 20.9 Å².